The fraction of sp³-hybridized carbons (Fsp3) is 0.357. The lowest BCUT2D eigenvalue weighted by molar-refractivity contribution is -0.128. The Labute approximate surface area is 674 Å². The van der Waals surface area contributed by atoms with Gasteiger partial charge in [-0.15, -0.1) is 35.1 Å². The molecule has 6 aromatic carbocycles. The lowest BCUT2D eigenvalue weighted by atomic mass is 9.95. The number of hydrogen-bond acceptors (Lipinski definition) is 19. The molecule has 30 heteroatoms. The van der Waals surface area contributed by atoms with Gasteiger partial charge in [0.2, 0.25) is 11.8 Å². The molecule has 4 aliphatic heterocycles. The average molecular weight is 1610 g/mol. The number of urea groups is 1. The number of rotatable bonds is 28. The topological polar surface area (TPSA) is 329 Å². The van der Waals surface area contributed by atoms with Crippen LogP contribution >= 0.6 is 35.1 Å². The third-order valence-corrected chi connectivity index (χ3v) is 23.2. The van der Waals surface area contributed by atoms with E-state index >= 15 is 0 Å². The number of halogens is 1. The Morgan fingerprint density at radius 2 is 1.45 bits per heavy atom. The predicted molar refractivity (Wildman–Crippen MR) is 445 cm³/mol. The number of thioether (sulfide) groups is 2. The number of ether oxygens (including phenoxy) is 4. The quantitative estimate of drug-likeness (QED) is 0.0167. The molecule has 5 atom stereocenters. The second-order valence-corrected chi connectivity index (χ2v) is 31.6. The molecule has 8 aromatic rings. The number of carbonyl (C=O) groups excluding carboxylic acids is 8. The van der Waals surface area contributed by atoms with Crippen molar-refractivity contribution in [2.45, 2.75) is 81.3 Å². The van der Waals surface area contributed by atoms with E-state index in [0.29, 0.717) is 136 Å². The van der Waals surface area contributed by atoms with E-state index in [-0.39, 0.29) is 93.0 Å². The van der Waals surface area contributed by atoms with Crippen LogP contribution in [0.5, 0.6) is 11.5 Å². The lowest BCUT2D eigenvalue weighted by Crippen LogP contribution is -2.54. The van der Waals surface area contributed by atoms with Gasteiger partial charge in [0, 0.05) is 150 Å². The van der Waals surface area contributed by atoms with E-state index in [4.69, 9.17) is 46.3 Å². The van der Waals surface area contributed by atoms with Gasteiger partial charge < -0.3 is 81.2 Å². The Morgan fingerprint density at radius 1 is 0.737 bits per heavy atom. The number of nitrogens with zero attached hydrogens (tertiary/aromatic N) is 7. The normalized spacial score (nSPS) is 17.3. The SMILES string of the molecule is CC(C)C(NCCNC(=O)c1ccc2nc3c(nc2c1)CSC1=C(C=CC=CC=C1)SC3)C(=O)NC(CCCNC(N)=O)C(=O)Nc1ccc(COC(=O)N(C)CC2CC(N3CCOCC3)CN2C(=O)Oc2cc3c(c4ccccc24)C(CCl)CN3C(=O)c2cc3cc(NC(=O)c4ccc(OCCN(C)C)cc4)ccc3[nH]2)cc1. The molecule has 0 bridgehead atoms. The Balaban J connectivity index is 0.613. The minimum absolute atomic E-state index is 0.0744. The van der Waals surface area contributed by atoms with E-state index < -0.39 is 48.2 Å². The fourth-order valence-corrected chi connectivity index (χ4v) is 17.0. The highest BCUT2D eigenvalue weighted by atomic mass is 35.5. The molecule has 0 saturated carbocycles. The van der Waals surface area contributed by atoms with Gasteiger partial charge in [0.1, 0.15) is 36.4 Å². The standard InChI is InChI=1S/C84H94ClN15O12S2/c1-51(2)76(87-31-32-88-77(101)54-22-28-65-67(40-54)94-70-50-114-74-17-9-7-6-8-16-73(74)113-49-69(70)93-65)80(104)95-66(15-12-30-89-82(86)106)79(103)90-57-23-18-52(19-24-57)48-111-83(107)97(5)46-60-42-59(98-34-36-109-37-35-98)47-99(60)84(108)112-72-43-71-75(63-14-11-10-13-62(63)72)56(44-85)45-100(71)81(105)68-41-55-39-58(25-29-64(55)92-68)91-78(102)53-20-26-61(27-21-53)110-38-33-96(3)4/h6-11,13-14,16-29,39-41,43,51,56,59-60,66,76,87,92H,12,15,30-38,42,44-50H2,1-5H3,(H,88,101)(H,90,103)(H,91,102)(H,95,104)(H3,86,89,106). The van der Waals surface area contributed by atoms with Crippen LogP contribution in [-0.2, 0) is 37.2 Å². The van der Waals surface area contributed by atoms with Crippen LogP contribution in [0.25, 0.3) is 32.7 Å². The number of benzene rings is 6. The van der Waals surface area contributed by atoms with Crippen LogP contribution in [0.2, 0.25) is 0 Å². The maximum absolute atomic E-state index is 15.0. The summed E-state index contributed by atoms with van der Waals surface area (Å²) >= 11 is 10.2. The second-order valence-electron chi connectivity index (χ2n) is 29.2. The average Bonchev–Trinajstić information content (AvgIpc) is 1.57. The molecule has 9 N–H and O–H groups in total. The van der Waals surface area contributed by atoms with Crippen LogP contribution in [-0.4, -0.2) is 212 Å². The number of aromatic nitrogens is 3. The molecular formula is C84H94ClN15O12S2. The number of allylic oxidation sites excluding steroid dienone is 6. The first kappa shape index (κ1) is 81.2. The van der Waals surface area contributed by atoms with Crippen LogP contribution in [0.1, 0.15) is 92.7 Å². The number of amides is 9. The van der Waals surface area contributed by atoms with Crippen molar-refractivity contribution in [3.63, 3.8) is 0 Å². The molecule has 2 fully saturated rings. The van der Waals surface area contributed by atoms with Gasteiger partial charge in [0.15, 0.2) is 0 Å². The number of hydrogen-bond donors (Lipinski definition) is 8. The summed E-state index contributed by atoms with van der Waals surface area (Å²) in [5.74, 6) is 0.0400. The van der Waals surface area contributed by atoms with E-state index in [0.717, 1.165) is 33.8 Å². The minimum Gasteiger partial charge on any atom is -0.492 e. The highest BCUT2D eigenvalue weighted by Crippen LogP contribution is 2.47. The molecule has 13 rings (SSSR count). The second kappa shape index (κ2) is 37.9. The molecule has 596 valence electrons. The van der Waals surface area contributed by atoms with Gasteiger partial charge >= 0.3 is 18.2 Å². The molecule has 9 amide bonds. The number of likely N-dealkylation sites (N-methyl/N-ethyl adjacent to an activating group) is 2. The molecular weight excluding hydrogens is 1510 g/mol. The highest BCUT2D eigenvalue weighted by molar-refractivity contribution is 8.06. The maximum atomic E-state index is 15.0. The monoisotopic (exact) mass is 1600 g/mol. The number of H-pyrrole nitrogens is 1. The minimum atomic E-state index is -1.04. The molecule has 6 heterocycles. The largest absolute Gasteiger partial charge is 0.492 e. The first-order chi connectivity index (χ1) is 55.2. The van der Waals surface area contributed by atoms with Crippen molar-refractivity contribution in [3.05, 3.63) is 207 Å². The summed E-state index contributed by atoms with van der Waals surface area (Å²) in [5, 5.41) is 19.7. The van der Waals surface area contributed by atoms with Gasteiger partial charge in [-0.05, 0) is 147 Å². The zero-order valence-electron chi connectivity index (χ0n) is 64.2. The summed E-state index contributed by atoms with van der Waals surface area (Å²) < 4.78 is 23.9. The van der Waals surface area contributed by atoms with Gasteiger partial charge in [-0.25, -0.2) is 24.4 Å². The van der Waals surface area contributed by atoms with Crippen LogP contribution in [0.15, 0.2) is 168 Å². The smallest absolute Gasteiger partial charge is 0.415 e. The summed E-state index contributed by atoms with van der Waals surface area (Å²) in [4.78, 5) is 135. The van der Waals surface area contributed by atoms with Gasteiger partial charge in [-0.3, -0.25) is 28.9 Å². The van der Waals surface area contributed by atoms with E-state index in [1.54, 1.807) is 125 Å². The van der Waals surface area contributed by atoms with Gasteiger partial charge in [-0.2, -0.15) is 0 Å². The fourth-order valence-electron chi connectivity index (χ4n) is 14.5. The lowest BCUT2D eigenvalue weighted by Gasteiger charge is -2.31. The maximum Gasteiger partial charge on any atom is 0.415 e. The number of alkyl halides is 1. The molecule has 27 nitrogen and oxygen atoms in total. The first-order valence-corrected chi connectivity index (χ1v) is 40.7. The molecule has 0 spiro atoms. The van der Waals surface area contributed by atoms with Crippen molar-refractivity contribution in [3.8, 4) is 11.5 Å². The van der Waals surface area contributed by atoms with Gasteiger partial charge in [-0.1, -0.05) is 74.5 Å². The Kier molecular flexibility index (Phi) is 27.0. The van der Waals surface area contributed by atoms with Crippen LogP contribution in [0, 0.1) is 5.92 Å². The van der Waals surface area contributed by atoms with Crippen LogP contribution in [0.3, 0.4) is 0 Å². The van der Waals surface area contributed by atoms with Gasteiger partial charge in [0.05, 0.1) is 53.4 Å². The van der Waals surface area contributed by atoms with Crippen LogP contribution < -0.4 is 52.0 Å². The molecule has 2 saturated heterocycles. The molecule has 0 radical (unpaired) electrons. The Hall–Kier alpha value is -10.8. The molecule has 114 heavy (non-hydrogen) atoms. The number of aromatic amines is 1. The van der Waals surface area contributed by atoms with Crippen LogP contribution in [0.4, 0.5) is 31.4 Å². The van der Waals surface area contributed by atoms with Crippen molar-refractivity contribution in [2.24, 2.45) is 11.7 Å². The predicted octanol–water partition coefficient (Wildman–Crippen LogP) is 11.3. The van der Waals surface area contributed by atoms with Crippen molar-refractivity contribution in [1.82, 2.24) is 55.8 Å². The zero-order valence-corrected chi connectivity index (χ0v) is 66.6. The number of anilines is 3. The number of nitrogens with two attached hydrogens (primary N) is 1. The summed E-state index contributed by atoms with van der Waals surface area (Å²) in [5.41, 5.74) is 13.3. The summed E-state index contributed by atoms with van der Waals surface area (Å²) in [7, 11) is 5.55. The van der Waals surface area contributed by atoms with Crippen molar-refractivity contribution < 1.29 is 57.3 Å². The van der Waals surface area contributed by atoms with Crippen molar-refractivity contribution >= 4 is 133 Å². The van der Waals surface area contributed by atoms with E-state index in [1.165, 1.54) is 9.81 Å². The van der Waals surface area contributed by atoms with E-state index in [9.17, 15) is 38.4 Å². The molecule has 2 aromatic heterocycles. The van der Waals surface area contributed by atoms with E-state index in [2.05, 4.69) is 53.9 Å². The number of primary amides is 1. The molecule has 5 aliphatic rings. The number of nitrogens with one attached hydrogen (secondary N) is 7. The number of carbonyl (C=O) groups is 8. The Morgan fingerprint density at radius 3 is 2.16 bits per heavy atom. The van der Waals surface area contributed by atoms with E-state index in [1.807, 2.05) is 93.5 Å². The number of morpholine rings is 1. The third-order valence-electron chi connectivity index (χ3n) is 20.6. The Bertz CT molecular complexity index is 5030. The highest BCUT2D eigenvalue weighted by Gasteiger charge is 2.42. The van der Waals surface area contributed by atoms with Gasteiger partial charge in [0.25, 0.3) is 17.7 Å². The summed E-state index contributed by atoms with van der Waals surface area (Å²) in [6.07, 6.45) is 12.0. The zero-order chi connectivity index (χ0) is 79.9. The number of likely N-dealkylation sites (tertiary alicyclic amines) is 1. The van der Waals surface area contributed by atoms with Crippen molar-refractivity contribution in [2.75, 3.05) is 121 Å². The summed E-state index contributed by atoms with van der Waals surface area (Å²) in [6.45, 7) is 8.53. The molecule has 5 unspecified atom stereocenters. The summed E-state index contributed by atoms with van der Waals surface area (Å²) in [6, 6.07) is 32.3. The van der Waals surface area contributed by atoms with Crippen molar-refractivity contribution in [1.29, 1.82) is 0 Å². The molecule has 1 aliphatic carbocycles. The third kappa shape index (κ3) is 20.2. The first-order valence-electron chi connectivity index (χ1n) is 38.2. The number of fused-ring (bicyclic) bond motifs is 6.